The van der Waals surface area contributed by atoms with Gasteiger partial charge in [-0.15, -0.1) is 0 Å². The molecule has 2 aromatic heterocycles. The molecule has 0 spiro atoms. The highest BCUT2D eigenvalue weighted by atomic mass is 35.5. The van der Waals surface area contributed by atoms with Gasteiger partial charge in [-0.05, 0) is 24.3 Å². The molecule has 7 heteroatoms. The minimum absolute atomic E-state index is 0.443. The smallest absolute Gasteiger partial charge is 0.225 e. The molecule has 1 aromatic carbocycles. The Labute approximate surface area is 143 Å². The van der Waals surface area contributed by atoms with Gasteiger partial charge in [-0.25, -0.2) is 4.98 Å². The number of halogens is 2. The Hall–Kier alpha value is -2.37. The highest BCUT2D eigenvalue weighted by Crippen LogP contribution is 2.32. The summed E-state index contributed by atoms with van der Waals surface area (Å²) in [7, 11) is 1.76. The molecular formula is C16H13Cl2N5. The maximum atomic E-state index is 6.21. The highest BCUT2D eigenvalue weighted by molar-refractivity contribution is 6.43. The SMILES string of the molecule is CNc1nc(Nc2cccc(Cl)c2Cl)cc(-c2ccccn2)n1. The first kappa shape index (κ1) is 15.5. The van der Waals surface area contributed by atoms with Crippen LogP contribution < -0.4 is 10.6 Å². The molecule has 0 saturated heterocycles. The summed E-state index contributed by atoms with van der Waals surface area (Å²) in [5.74, 6) is 1.07. The van der Waals surface area contributed by atoms with Crippen molar-refractivity contribution in [2.75, 3.05) is 17.7 Å². The van der Waals surface area contributed by atoms with Gasteiger partial charge in [0.05, 0.1) is 27.1 Å². The van der Waals surface area contributed by atoms with E-state index in [0.717, 1.165) is 5.69 Å². The van der Waals surface area contributed by atoms with Crippen LogP contribution in [-0.4, -0.2) is 22.0 Å². The van der Waals surface area contributed by atoms with Crippen molar-refractivity contribution in [3.05, 3.63) is 58.7 Å². The fourth-order valence-corrected chi connectivity index (χ4v) is 2.35. The Kier molecular flexibility index (Phi) is 4.60. The molecule has 0 aliphatic rings. The maximum Gasteiger partial charge on any atom is 0.225 e. The Morgan fingerprint density at radius 2 is 1.83 bits per heavy atom. The molecule has 0 atom stereocenters. The van der Waals surface area contributed by atoms with Gasteiger partial charge in [0, 0.05) is 19.3 Å². The van der Waals surface area contributed by atoms with Crippen LogP contribution in [0.1, 0.15) is 0 Å². The van der Waals surface area contributed by atoms with E-state index in [-0.39, 0.29) is 0 Å². The molecule has 3 aromatic rings. The third-order valence-electron chi connectivity index (χ3n) is 3.09. The van der Waals surface area contributed by atoms with E-state index in [0.29, 0.717) is 33.2 Å². The lowest BCUT2D eigenvalue weighted by molar-refractivity contribution is 1.14. The molecule has 0 aliphatic carbocycles. The van der Waals surface area contributed by atoms with Crippen LogP contribution in [0, 0.1) is 0 Å². The molecule has 0 saturated carbocycles. The molecule has 0 amide bonds. The second-order valence-corrected chi connectivity index (χ2v) is 5.44. The standard InChI is InChI=1S/C16H13Cl2N5/c1-19-16-22-13(11-6-2-3-8-20-11)9-14(23-16)21-12-7-4-5-10(17)15(12)18/h2-9H,1H3,(H2,19,21,22,23). The van der Waals surface area contributed by atoms with Crippen LogP contribution in [0.3, 0.4) is 0 Å². The van der Waals surface area contributed by atoms with Crippen LogP contribution in [0.2, 0.25) is 10.0 Å². The lowest BCUT2D eigenvalue weighted by Crippen LogP contribution is -2.02. The quantitative estimate of drug-likeness (QED) is 0.721. The molecule has 2 N–H and O–H groups in total. The number of benzene rings is 1. The van der Waals surface area contributed by atoms with Gasteiger partial charge in [0.1, 0.15) is 5.82 Å². The summed E-state index contributed by atoms with van der Waals surface area (Å²) in [6.07, 6.45) is 1.72. The molecule has 0 radical (unpaired) electrons. The van der Waals surface area contributed by atoms with Crippen molar-refractivity contribution >= 4 is 40.7 Å². The fraction of sp³-hybridized carbons (Fsp3) is 0.0625. The van der Waals surface area contributed by atoms with Crippen LogP contribution in [0.4, 0.5) is 17.5 Å². The summed E-state index contributed by atoms with van der Waals surface area (Å²) in [6.45, 7) is 0. The van der Waals surface area contributed by atoms with Gasteiger partial charge < -0.3 is 10.6 Å². The van der Waals surface area contributed by atoms with Crippen molar-refractivity contribution in [3.63, 3.8) is 0 Å². The lowest BCUT2D eigenvalue weighted by Gasteiger charge is -2.11. The molecule has 5 nitrogen and oxygen atoms in total. The van der Waals surface area contributed by atoms with Crippen molar-refractivity contribution in [2.24, 2.45) is 0 Å². The van der Waals surface area contributed by atoms with E-state index in [1.54, 1.807) is 25.4 Å². The van der Waals surface area contributed by atoms with E-state index in [4.69, 9.17) is 23.2 Å². The summed E-state index contributed by atoms with van der Waals surface area (Å²) in [6, 6.07) is 12.8. The molecule has 2 heterocycles. The molecule has 0 fully saturated rings. The van der Waals surface area contributed by atoms with Crippen molar-refractivity contribution in [1.29, 1.82) is 0 Å². The zero-order chi connectivity index (χ0) is 16.2. The van der Waals surface area contributed by atoms with E-state index in [2.05, 4.69) is 25.6 Å². The van der Waals surface area contributed by atoms with Crippen LogP contribution >= 0.6 is 23.2 Å². The van der Waals surface area contributed by atoms with E-state index in [1.165, 1.54) is 0 Å². The number of anilines is 3. The molecule has 116 valence electrons. The van der Waals surface area contributed by atoms with Gasteiger partial charge in [-0.3, -0.25) is 4.98 Å². The monoisotopic (exact) mass is 345 g/mol. The van der Waals surface area contributed by atoms with Crippen LogP contribution in [0.25, 0.3) is 11.4 Å². The summed E-state index contributed by atoms with van der Waals surface area (Å²) in [5, 5.41) is 7.02. The third-order valence-corrected chi connectivity index (χ3v) is 3.91. The first-order chi connectivity index (χ1) is 11.2. The van der Waals surface area contributed by atoms with E-state index in [9.17, 15) is 0 Å². The minimum Gasteiger partial charge on any atom is -0.357 e. The summed E-state index contributed by atoms with van der Waals surface area (Å²) in [4.78, 5) is 13.1. The third kappa shape index (κ3) is 3.52. The van der Waals surface area contributed by atoms with Gasteiger partial charge in [0.25, 0.3) is 0 Å². The molecule has 23 heavy (non-hydrogen) atoms. The van der Waals surface area contributed by atoms with E-state index >= 15 is 0 Å². The minimum atomic E-state index is 0.443. The Morgan fingerprint density at radius 1 is 0.957 bits per heavy atom. The number of aromatic nitrogens is 3. The molecule has 3 rings (SSSR count). The van der Waals surface area contributed by atoms with Gasteiger partial charge in [-0.2, -0.15) is 4.98 Å². The van der Waals surface area contributed by atoms with Crippen molar-refractivity contribution < 1.29 is 0 Å². The maximum absolute atomic E-state index is 6.21. The first-order valence-corrected chi connectivity index (χ1v) is 7.62. The molecule has 0 bridgehead atoms. The van der Waals surface area contributed by atoms with Crippen LogP contribution in [0.5, 0.6) is 0 Å². The van der Waals surface area contributed by atoms with Gasteiger partial charge in [-0.1, -0.05) is 35.3 Å². The highest BCUT2D eigenvalue weighted by Gasteiger charge is 2.09. The summed E-state index contributed by atoms with van der Waals surface area (Å²) in [5.41, 5.74) is 2.13. The predicted octanol–water partition coefficient (Wildman–Crippen LogP) is 4.63. The largest absolute Gasteiger partial charge is 0.357 e. The summed E-state index contributed by atoms with van der Waals surface area (Å²) >= 11 is 12.2. The number of rotatable bonds is 4. The number of hydrogen-bond donors (Lipinski definition) is 2. The molecule has 0 aliphatic heterocycles. The van der Waals surface area contributed by atoms with Crippen molar-refractivity contribution in [2.45, 2.75) is 0 Å². The Morgan fingerprint density at radius 3 is 2.57 bits per heavy atom. The average Bonchev–Trinajstić information content (AvgIpc) is 2.59. The van der Waals surface area contributed by atoms with Gasteiger partial charge in [0.2, 0.25) is 5.95 Å². The second kappa shape index (κ2) is 6.81. The first-order valence-electron chi connectivity index (χ1n) is 6.86. The number of pyridine rings is 1. The molecular weight excluding hydrogens is 333 g/mol. The lowest BCUT2D eigenvalue weighted by atomic mass is 10.2. The van der Waals surface area contributed by atoms with Crippen LogP contribution in [0.15, 0.2) is 48.7 Å². The molecule has 0 unspecified atom stereocenters. The number of nitrogens with one attached hydrogen (secondary N) is 2. The Bertz CT molecular complexity index is 824. The van der Waals surface area contributed by atoms with E-state index in [1.807, 2.05) is 30.3 Å². The Balaban J connectivity index is 2.01. The fourth-order valence-electron chi connectivity index (χ4n) is 2.01. The number of hydrogen-bond acceptors (Lipinski definition) is 5. The van der Waals surface area contributed by atoms with Crippen molar-refractivity contribution in [3.8, 4) is 11.4 Å². The van der Waals surface area contributed by atoms with Gasteiger partial charge in [0.15, 0.2) is 0 Å². The van der Waals surface area contributed by atoms with E-state index < -0.39 is 0 Å². The normalized spacial score (nSPS) is 10.4. The average molecular weight is 346 g/mol. The predicted molar refractivity (Wildman–Crippen MR) is 94.6 cm³/mol. The summed E-state index contributed by atoms with van der Waals surface area (Å²) < 4.78 is 0. The second-order valence-electron chi connectivity index (χ2n) is 4.65. The zero-order valence-corrected chi connectivity index (χ0v) is 13.7. The van der Waals surface area contributed by atoms with Crippen molar-refractivity contribution in [1.82, 2.24) is 15.0 Å². The topological polar surface area (TPSA) is 62.7 Å². The zero-order valence-electron chi connectivity index (χ0n) is 12.2. The number of nitrogens with zero attached hydrogens (tertiary/aromatic N) is 3. The van der Waals surface area contributed by atoms with Gasteiger partial charge >= 0.3 is 0 Å². The van der Waals surface area contributed by atoms with Crippen LogP contribution in [-0.2, 0) is 0 Å².